The van der Waals surface area contributed by atoms with Crippen LogP contribution < -0.4 is 10.6 Å². The third-order valence-corrected chi connectivity index (χ3v) is 7.26. The quantitative estimate of drug-likeness (QED) is 0.677. The van der Waals surface area contributed by atoms with Crippen molar-refractivity contribution in [2.75, 3.05) is 45.8 Å². The average Bonchev–Trinajstić information content (AvgIpc) is 3.30. The van der Waals surface area contributed by atoms with Gasteiger partial charge in [-0.3, -0.25) is 19.4 Å². The molecule has 3 aliphatic heterocycles. The highest BCUT2D eigenvalue weighted by atomic mass is 16.2. The van der Waals surface area contributed by atoms with Crippen LogP contribution in [0.25, 0.3) is 0 Å². The monoisotopic (exact) mass is 391 g/mol. The van der Waals surface area contributed by atoms with Gasteiger partial charge in [-0.2, -0.15) is 0 Å². The molecule has 1 unspecified atom stereocenters. The summed E-state index contributed by atoms with van der Waals surface area (Å²) in [6, 6.07) is -0.00373. The van der Waals surface area contributed by atoms with E-state index in [1.54, 1.807) is 0 Å². The van der Waals surface area contributed by atoms with Gasteiger partial charge in [0, 0.05) is 45.3 Å². The van der Waals surface area contributed by atoms with Gasteiger partial charge in [0.15, 0.2) is 0 Å². The molecule has 4 amide bonds. The molecule has 1 aliphatic carbocycles. The smallest absolute Gasteiger partial charge is 0.325 e. The molecule has 8 heteroatoms. The Hall–Kier alpha value is -1.67. The maximum absolute atomic E-state index is 13.0. The molecule has 2 N–H and O–H groups in total. The van der Waals surface area contributed by atoms with Crippen molar-refractivity contribution in [2.24, 2.45) is 5.92 Å². The van der Waals surface area contributed by atoms with Crippen LogP contribution in [-0.2, 0) is 9.59 Å². The summed E-state index contributed by atoms with van der Waals surface area (Å²) in [4.78, 5) is 43.7. The van der Waals surface area contributed by atoms with E-state index < -0.39 is 11.6 Å². The summed E-state index contributed by atoms with van der Waals surface area (Å²) >= 11 is 0. The minimum atomic E-state index is -0.766. The molecule has 1 spiro atoms. The van der Waals surface area contributed by atoms with E-state index in [1.165, 1.54) is 0 Å². The number of hydrogen-bond donors (Lipinski definition) is 2. The summed E-state index contributed by atoms with van der Waals surface area (Å²) in [5, 5.41) is 6.28. The predicted octanol–water partition coefficient (Wildman–Crippen LogP) is 0.383. The van der Waals surface area contributed by atoms with Crippen LogP contribution in [-0.4, -0.2) is 89.9 Å². The molecule has 4 aliphatic rings. The number of piperazine rings is 1. The largest absolute Gasteiger partial charge is 0.340 e. The van der Waals surface area contributed by atoms with E-state index in [2.05, 4.69) is 22.5 Å². The Morgan fingerprint density at radius 1 is 1.11 bits per heavy atom. The number of carbonyl (C=O) groups is 3. The Bertz CT molecular complexity index is 625. The fraction of sp³-hybridized carbons (Fsp3) is 0.850. The first-order chi connectivity index (χ1) is 13.5. The molecular formula is C20H33N5O3. The lowest BCUT2D eigenvalue weighted by Crippen LogP contribution is -2.50. The third-order valence-electron chi connectivity index (χ3n) is 7.26. The van der Waals surface area contributed by atoms with Crippen LogP contribution in [0.2, 0.25) is 0 Å². The highest BCUT2D eigenvalue weighted by molar-refractivity contribution is 6.09. The molecule has 156 valence electrons. The van der Waals surface area contributed by atoms with Crippen molar-refractivity contribution in [3.05, 3.63) is 0 Å². The molecule has 0 aromatic rings. The fourth-order valence-electron chi connectivity index (χ4n) is 5.29. The van der Waals surface area contributed by atoms with Crippen LogP contribution in [0.1, 0.15) is 45.4 Å². The summed E-state index contributed by atoms with van der Waals surface area (Å²) in [6.45, 7) is 7.47. The Kier molecular flexibility index (Phi) is 5.60. The van der Waals surface area contributed by atoms with E-state index in [4.69, 9.17) is 0 Å². The van der Waals surface area contributed by atoms with E-state index in [9.17, 15) is 14.4 Å². The number of carbonyl (C=O) groups excluding carboxylic acids is 3. The highest BCUT2D eigenvalue weighted by Gasteiger charge is 2.52. The van der Waals surface area contributed by atoms with Gasteiger partial charge in [0.05, 0.1) is 0 Å². The topological polar surface area (TPSA) is 85.0 Å². The van der Waals surface area contributed by atoms with Crippen LogP contribution in [0, 0.1) is 5.92 Å². The lowest BCUT2D eigenvalue weighted by Gasteiger charge is -2.34. The van der Waals surface area contributed by atoms with Gasteiger partial charge in [-0.1, -0.05) is 13.3 Å². The van der Waals surface area contributed by atoms with Crippen molar-refractivity contribution in [1.82, 2.24) is 25.3 Å². The number of nitrogens with one attached hydrogen (secondary N) is 2. The van der Waals surface area contributed by atoms with E-state index in [0.29, 0.717) is 37.9 Å². The Morgan fingerprint density at radius 3 is 2.50 bits per heavy atom. The first kappa shape index (κ1) is 19.6. The molecule has 1 atom stereocenters. The molecule has 8 nitrogen and oxygen atoms in total. The second kappa shape index (κ2) is 7.99. The van der Waals surface area contributed by atoms with Crippen LogP contribution in [0.3, 0.4) is 0 Å². The molecule has 4 fully saturated rings. The van der Waals surface area contributed by atoms with Crippen LogP contribution in [0.5, 0.6) is 0 Å². The van der Waals surface area contributed by atoms with Crippen molar-refractivity contribution in [3.8, 4) is 0 Å². The SMILES string of the molecule is CCC1CCC2(CC1)NC(=O)N(CC(=O)N1CCC(N3CCNCC3)C1)C2=O. The molecule has 0 radical (unpaired) electrons. The van der Waals surface area contributed by atoms with Crippen LogP contribution >= 0.6 is 0 Å². The van der Waals surface area contributed by atoms with Crippen LogP contribution in [0.15, 0.2) is 0 Å². The summed E-state index contributed by atoms with van der Waals surface area (Å²) < 4.78 is 0. The van der Waals surface area contributed by atoms with Gasteiger partial charge in [0.1, 0.15) is 12.1 Å². The minimum absolute atomic E-state index is 0.111. The number of imide groups is 1. The molecule has 28 heavy (non-hydrogen) atoms. The normalized spacial score (nSPS) is 34.3. The standard InChI is InChI=1S/C20H33N5O3/c1-2-15-3-6-20(7-4-15)18(27)25(19(28)22-20)14-17(26)24-10-5-16(13-24)23-11-8-21-9-12-23/h15-16,21H,2-14H2,1H3,(H,22,28). The molecule has 0 aromatic heterocycles. The first-order valence-corrected chi connectivity index (χ1v) is 10.9. The molecule has 3 saturated heterocycles. The summed E-state index contributed by atoms with van der Waals surface area (Å²) in [5.74, 6) is 0.330. The predicted molar refractivity (Wildman–Crippen MR) is 105 cm³/mol. The van der Waals surface area contributed by atoms with E-state index in [0.717, 1.165) is 56.8 Å². The third kappa shape index (κ3) is 3.64. The zero-order valence-electron chi connectivity index (χ0n) is 16.9. The second-order valence-corrected chi connectivity index (χ2v) is 8.82. The summed E-state index contributed by atoms with van der Waals surface area (Å²) in [7, 11) is 0. The van der Waals surface area contributed by atoms with Crippen molar-refractivity contribution in [3.63, 3.8) is 0 Å². The van der Waals surface area contributed by atoms with Gasteiger partial charge in [-0.15, -0.1) is 0 Å². The van der Waals surface area contributed by atoms with Crippen molar-refractivity contribution in [2.45, 2.75) is 57.0 Å². The molecule has 4 rings (SSSR count). The zero-order valence-corrected chi connectivity index (χ0v) is 16.9. The number of nitrogens with zero attached hydrogens (tertiary/aromatic N) is 3. The van der Waals surface area contributed by atoms with Gasteiger partial charge < -0.3 is 15.5 Å². The van der Waals surface area contributed by atoms with Crippen molar-refractivity contribution >= 4 is 17.8 Å². The number of urea groups is 1. The van der Waals surface area contributed by atoms with Crippen LogP contribution in [0.4, 0.5) is 4.79 Å². The Morgan fingerprint density at radius 2 is 1.82 bits per heavy atom. The molecule has 1 saturated carbocycles. The number of hydrogen-bond acceptors (Lipinski definition) is 5. The van der Waals surface area contributed by atoms with Gasteiger partial charge in [0.25, 0.3) is 5.91 Å². The van der Waals surface area contributed by atoms with E-state index in [-0.39, 0.29) is 18.4 Å². The van der Waals surface area contributed by atoms with Crippen molar-refractivity contribution in [1.29, 1.82) is 0 Å². The Labute approximate surface area is 167 Å². The number of rotatable bonds is 4. The average molecular weight is 392 g/mol. The summed E-state index contributed by atoms with van der Waals surface area (Å²) in [6.07, 6.45) is 5.38. The fourth-order valence-corrected chi connectivity index (χ4v) is 5.29. The Balaban J connectivity index is 1.33. The highest BCUT2D eigenvalue weighted by Crippen LogP contribution is 2.37. The summed E-state index contributed by atoms with van der Waals surface area (Å²) in [5.41, 5.74) is -0.766. The first-order valence-electron chi connectivity index (χ1n) is 10.9. The van der Waals surface area contributed by atoms with E-state index in [1.807, 2.05) is 4.90 Å². The lowest BCUT2D eigenvalue weighted by atomic mass is 9.75. The maximum atomic E-state index is 13.0. The second-order valence-electron chi connectivity index (χ2n) is 8.82. The minimum Gasteiger partial charge on any atom is -0.340 e. The van der Waals surface area contributed by atoms with Gasteiger partial charge in [-0.25, -0.2) is 4.79 Å². The van der Waals surface area contributed by atoms with Gasteiger partial charge in [-0.05, 0) is 38.0 Å². The molecule has 0 bridgehead atoms. The van der Waals surface area contributed by atoms with Gasteiger partial charge >= 0.3 is 6.03 Å². The molecule has 0 aromatic carbocycles. The number of likely N-dealkylation sites (tertiary alicyclic amines) is 1. The van der Waals surface area contributed by atoms with Crippen molar-refractivity contribution < 1.29 is 14.4 Å². The maximum Gasteiger partial charge on any atom is 0.325 e. The number of amides is 4. The van der Waals surface area contributed by atoms with Gasteiger partial charge in [0.2, 0.25) is 5.91 Å². The molecular weight excluding hydrogens is 358 g/mol. The molecule has 3 heterocycles. The lowest BCUT2D eigenvalue weighted by molar-refractivity contribution is -0.139. The van der Waals surface area contributed by atoms with E-state index >= 15 is 0 Å². The zero-order chi connectivity index (χ0) is 19.7.